The molecule has 0 saturated carbocycles. The second kappa shape index (κ2) is 5.63. The highest BCUT2D eigenvalue weighted by Crippen LogP contribution is 2.30. The number of H-pyrrole nitrogens is 1. The third-order valence-electron chi connectivity index (χ3n) is 3.08. The predicted molar refractivity (Wildman–Crippen MR) is 78.0 cm³/mol. The molecule has 2 aromatic heterocycles. The van der Waals surface area contributed by atoms with Gasteiger partial charge in [-0.15, -0.1) is 23.7 Å². The maximum atomic E-state index is 12.3. The van der Waals surface area contributed by atoms with Crippen LogP contribution in [0.2, 0.25) is 0 Å². The molecule has 102 valence electrons. The Balaban J connectivity index is 0.00000133. The van der Waals surface area contributed by atoms with Gasteiger partial charge in [-0.1, -0.05) is 0 Å². The molecule has 1 saturated heterocycles. The number of anilines is 1. The van der Waals surface area contributed by atoms with E-state index in [4.69, 9.17) is 0 Å². The Morgan fingerprint density at radius 3 is 2.95 bits per heavy atom. The van der Waals surface area contributed by atoms with Gasteiger partial charge < -0.3 is 9.88 Å². The summed E-state index contributed by atoms with van der Waals surface area (Å²) in [5.74, 6) is 0. The van der Waals surface area contributed by atoms with Crippen molar-refractivity contribution >= 4 is 34.8 Å². The van der Waals surface area contributed by atoms with Crippen molar-refractivity contribution < 1.29 is 4.79 Å². The fraction of sp³-hybridized carbons (Fsp3) is 0.333. The number of halogens is 1. The number of aromatic nitrogens is 2. The smallest absolute Gasteiger partial charge is 0.325 e. The Bertz CT molecular complexity index is 554. The number of carbonyl (C=O) groups excluding carboxylic acids is 1. The minimum atomic E-state index is 0. The summed E-state index contributed by atoms with van der Waals surface area (Å²) >= 11 is 1.62. The number of aromatic amines is 1. The SMILES string of the molecule is Cc1ccsc1N1CCN(Cc2c[nH]cn2)C1=O.Cl. The van der Waals surface area contributed by atoms with E-state index < -0.39 is 0 Å². The van der Waals surface area contributed by atoms with Crippen LogP contribution in [0.4, 0.5) is 9.80 Å². The van der Waals surface area contributed by atoms with Crippen LogP contribution in [0.15, 0.2) is 24.0 Å². The molecule has 3 heterocycles. The van der Waals surface area contributed by atoms with Crippen molar-refractivity contribution in [3.8, 4) is 0 Å². The zero-order valence-corrected chi connectivity index (χ0v) is 12.1. The fourth-order valence-electron chi connectivity index (χ4n) is 2.13. The lowest BCUT2D eigenvalue weighted by Crippen LogP contribution is -2.31. The van der Waals surface area contributed by atoms with Gasteiger partial charge in [-0.3, -0.25) is 4.90 Å². The first-order chi connectivity index (χ1) is 8.75. The molecule has 19 heavy (non-hydrogen) atoms. The molecule has 0 spiro atoms. The van der Waals surface area contributed by atoms with Gasteiger partial charge in [-0.05, 0) is 23.9 Å². The number of carbonyl (C=O) groups is 1. The molecular weight excluding hydrogens is 284 g/mol. The second-order valence-electron chi connectivity index (χ2n) is 4.33. The lowest BCUT2D eigenvalue weighted by molar-refractivity contribution is 0.218. The molecule has 2 amide bonds. The Hall–Kier alpha value is -1.53. The summed E-state index contributed by atoms with van der Waals surface area (Å²) in [6.07, 6.45) is 3.46. The van der Waals surface area contributed by atoms with Crippen molar-refractivity contribution in [2.45, 2.75) is 13.5 Å². The summed E-state index contributed by atoms with van der Waals surface area (Å²) < 4.78 is 0. The summed E-state index contributed by atoms with van der Waals surface area (Å²) in [7, 11) is 0. The van der Waals surface area contributed by atoms with Gasteiger partial charge >= 0.3 is 6.03 Å². The molecular formula is C12H15ClN4OS. The van der Waals surface area contributed by atoms with E-state index in [0.29, 0.717) is 6.54 Å². The quantitative estimate of drug-likeness (QED) is 0.947. The number of hydrogen-bond acceptors (Lipinski definition) is 3. The molecule has 1 fully saturated rings. The monoisotopic (exact) mass is 298 g/mol. The normalized spacial score (nSPS) is 14.9. The fourth-order valence-corrected chi connectivity index (χ4v) is 3.08. The van der Waals surface area contributed by atoms with Crippen LogP contribution in [-0.2, 0) is 6.54 Å². The first kappa shape index (κ1) is 13.9. The molecule has 2 aromatic rings. The van der Waals surface area contributed by atoms with E-state index in [2.05, 4.69) is 9.97 Å². The molecule has 5 nitrogen and oxygen atoms in total. The molecule has 0 radical (unpaired) electrons. The highest BCUT2D eigenvalue weighted by molar-refractivity contribution is 7.14. The molecule has 0 aliphatic carbocycles. The average molecular weight is 299 g/mol. The molecule has 1 aliphatic rings. The topological polar surface area (TPSA) is 52.2 Å². The first-order valence-corrected chi connectivity index (χ1v) is 6.72. The minimum absolute atomic E-state index is 0. The zero-order valence-electron chi connectivity index (χ0n) is 10.5. The van der Waals surface area contributed by atoms with Gasteiger partial charge in [0.1, 0.15) is 5.00 Å². The van der Waals surface area contributed by atoms with Crippen LogP contribution in [-0.4, -0.2) is 34.0 Å². The van der Waals surface area contributed by atoms with Crippen molar-refractivity contribution in [2.24, 2.45) is 0 Å². The third-order valence-corrected chi connectivity index (χ3v) is 4.12. The number of nitrogens with one attached hydrogen (secondary N) is 1. The third kappa shape index (κ3) is 2.59. The van der Waals surface area contributed by atoms with Crippen LogP contribution in [0.1, 0.15) is 11.3 Å². The number of rotatable bonds is 3. The molecule has 0 bridgehead atoms. The first-order valence-electron chi connectivity index (χ1n) is 5.84. The Kier molecular flexibility index (Phi) is 4.11. The zero-order chi connectivity index (χ0) is 12.5. The summed E-state index contributed by atoms with van der Waals surface area (Å²) in [6.45, 7) is 4.12. The maximum Gasteiger partial charge on any atom is 0.325 e. The van der Waals surface area contributed by atoms with E-state index in [1.807, 2.05) is 34.4 Å². The number of amides is 2. The van der Waals surface area contributed by atoms with E-state index in [0.717, 1.165) is 29.3 Å². The van der Waals surface area contributed by atoms with Gasteiger partial charge in [0.15, 0.2) is 0 Å². The van der Waals surface area contributed by atoms with Crippen LogP contribution in [0, 0.1) is 6.92 Å². The average Bonchev–Trinajstić information content (AvgIpc) is 3.05. The Morgan fingerprint density at radius 1 is 1.47 bits per heavy atom. The van der Waals surface area contributed by atoms with Crippen molar-refractivity contribution in [2.75, 3.05) is 18.0 Å². The summed E-state index contributed by atoms with van der Waals surface area (Å²) in [4.78, 5) is 23.0. The molecule has 1 N–H and O–H groups in total. The van der Waals surface area contributed by atoms with Crippen molar-refractivity contribution in [1.82, 2.24) is 14.9 Å². The predicted octanol–water partition coefficient (Wildman–Crippen LogP) is 2.64. The molecule has 0 atom stereocenters. The number of hydrogen-bond donors (Lipinski definition) is 1. The lowest BCUT2D eigenvalue weighted by atomic mass is 10.3. The Labute approximate surface area is 121 Å². The lowest BCUT2D eigenvalue weighted by Gasteiger charge is -2.17. The molecule has 0 aromatic carbocycles. The van der Waals surface area contributed by atoms with Crippen LogP contribution < -0.4 is 4.90 Å². The number of urea groups is 1. The summed E-state index contributed by atoms with van der Waals surface area (Å²) in [5.41, 5.74) is 2.06. The van der Waals surface area contributed by atoms with Gasteiger partial charge in [-0.25, -0.2) is 9.78 Å². The Morgan fingerprint density at radius 2 is 2.32 bits per heavy atom. The van der Waals surface area contributed by atoms with Gasteiger partial charge in [0.05, 0.1) is 18.6 Å². The molecule has 0 unspecified atom stereocenters. The van der Waals surface area contributed by atoms with Gasteiger partial charge in [0, 0.05) is 19.3 Å². The van der Waals surface area contributed by atoms with E-state index in [9.17, 15) is 4.79 Å². The van der Waals surface area contributed by atoms with Crippen molar-refractivity contribution in [3.63, 3.8) is 0 Å². The molecule has 7 heteroatoms. The highest BCUT2D eigenvalue weighted by atomic mass is 35.5. The molecule has 1 aliphatic heterocycles. The molecule has 3 rings (SSSR count). The number of aryl methyl sites for hydroxylation is 1. The van der Waals surface area contributed by atoms with Crippen LogP contribution in [0.5, 0.6) is 0 Å². The van der Waals surface area contributed by atoms with Crippen molar-refractivity contribution in [3.05, 3.63) is 35.2 Å². The van der Waals surface area contributed by atoms with Gasteiger partial charge in [-0.2, -0.15) is 0 Å². The van der Waals surface area contributed by atoms with E-state index in [1.165, 1.54) is 0 Å². The largest absolute Gasteiger partial charge is 0.351 e. The number of imidazole rings is 1. The number of nitrogens with zero attached hydrogens (tertiary/aromatic N) is 3. The van der Waals surface area contributed by atoms with E-state index in [1.54, 1.807) is 17.7 Å². The van der Waals surface area contributed by atoms with Crippen LogP contribution in [0.3, 0.4) is 0 Å². The van der Waals surface area contributed by atoms with E-state index >= 15 is 0 Å². The summed E-state index contributed by atoms with van der Waals surface area (Å²) in [5, 5.41) is 3.08. The second-order valence-corrected chi connectivity index (χ2v) is 5.22. The standard InChI is InChI=1S/C12H14N4OS.ClH/c1-9-2-5-18-11(9)16-4-3-15(12(16)17)7-10-6-13-8-14-10;/h2,5-6,8H,3-4,7H2,1H3,(H,13,14);1H. The van der Waals surface area contributed by atoms with Crippen LogP contribution in [0.25, 0.3) is 0 Å². The van der Waals surface area contributed by atoms with Gasteiger partial charge in [0.2, 0.25) is 0 Å². The maximum absolute atomic E-state index is 12.3. The van der Waals surface area contributed by atoms with Gasteiger partial charge in [0.25, 0.3) is 0 Å². The van der Waals surface area contributed by atoms with Crippen molar-refractivity contribution in [1.29, 1.82) is 0 Å². The number of thiophene rings is 1. The minimum Gasteiger partial charge on any atom is -0.351 e. The van der Waals surface area contributed by atoms with E-state index in [-0.39, 0.29) is 18.4 Å². The highest BCUT2D eigenvalue weighted by Gasteiger charge is 2.31. The summed E-state index contributed by atoms with van der Waals surface area (Å²) in [6, 6.07) is 2.12. The van der Waals surface area contributed by atoms with Crippen LogP contribution >= 0.6 is 23.7 Å².